The summed E-state index contributed by atoms with van der Waals surface area (Å²) in [6.45, 7) is 5.94. The highest BCUT2D eigenvalue weighted by molar-refractivity contribution is 7.99. The van der Waals surface area contributed by atoms with E-state index in [4.69, 9.17) is 17.2 Å². The lowest BCUT2D eigenvalue weighted by atomic mass is 10.0. The number of anilines is 2. The number of piperidine rings is 1. The van der Waals surface area contributed by atoms with Crippen LogP contribution in [0.25, 0.3) is 0 Å². The molecule has 0 spiro atoms. The molecule has 0 aliphatic carbocycles. The van der Waals surface area contributed by atoms with Crippen molar-refractivity contribution in [1.29, 1.82) is 0 Å². The lowest BCUT2D eigenvalue weighted by Crippen LogP contribution is -2.38. The average molecular weight is 466 g/mol. The number of nitrogens with zero attached hydrogens (tertiary/aromatic N) is 5. The highest BCUT2D eigenvalue weighted by Crippen LogP contribution is 2.29. The van der Waals surface area contributed by atoms with Gasteiger partial charge in [-0.1, -0.05) is 29.8 Å². The summed E-state index contributed by atoms with van der Waals surface area (Å²) < 4.78 is 0. The van der Waals surface area contributed by atoms with Gasteiger partial charge in [0.25, 0.3) is 0 Å². The van der Waals surface area contributed by atoms with Crippen LogP contribution >= 0.6 is 24.0 Å². The molecule has 1 fully saturated rings. The molecule has 7 nitrogen and oxygen atoms in total. The predicted molar refractivity (Wildman–Crippen MR) is 133 cm³/mol. The van der Waals surface area contributed by atoms with E-state index in [0.717, 1.165) is 35.8 Å². The lowest BCUT2D eigenvalue weighted by Gasteiger charge is -2.34. The minimum atomic E-state index is 0.434. The number of benzene rings is 1. The van der Waals surface area contributed by atoms with E-state index in [1.807, 2.05) is 6.07 Å². The Labute approximate surface area is 198 Å². The van der Waals surface area contributed by atoms with Crippen LogP contribution in [0.15, 0.2) is 59.0 Å². The van der Waals surface area contributed by atoms with Crippen molar-refractivity contribution in [2.75, 3.05) is 16.8 Å². The first-order valence-electron chi connectivity index (χ1n) is 10.8. The first-order chi connectivity index (χ1) is 15.6. The molecule has 0 bridgehead atoms. The molecule has 1 aromatic carbocycles. The maximum absolute atomic E-state index is 5.51. The van der Waals surface area contributed by atoms with Crippen LogP contribution in [0.4, 0.5) is 11.8 Å². The van der Waals surface area contributed by atoms with Gasteiger partial charge in [-0.2, -0.15) is 4.98 Å². The third-order valence-corrected chi connectivity index (χ3v) is 6.38. The van der Waals surface area contributed by atoms with Gasteiger partial charge in [-0.15, -0.1) is 0 Å². The van der Waals surface area contributed by atoms with Crippen molar-refractivity contribution in [3.8, 4) is 0 Å². The molecule has 1 saturated heterocycles. The molecule has 1 aliphatic rings. The van der Waals surface area contributed by atoms with Crippen LogP contribution < -0.4 is 15.5 Å². The molecule has 2 N–H and O–H groups in total. The zero-order chi connectivity index (χ0) is 22.3. The zero-order valence-electron chi connectivity index (χ0n) is 18.3. The van der Waals surface area contributed by atoms with Gasteiger partial charge in [-0.05, 0) is 68.7 Å². The molecule has 3 heterocycles. The van der Waals surface area contributed by atoms with Gasteiger partial charge in [0, 0.05) is 37.6 Å². The first kappa shape index (κ1) is 22.4. The third-order valence-electron chi connectivity index (χ3n) is 5.32. The Morgan fingerprint density at radius 1 is 1.16 bits per heavy atom. The second-order valence-electron chi connectivity index (χ2n) is 7.85. The monoisotopic (exact) mass is 465 g/mol. The molecular weight excluding hydrogens is 438 g/mol. The van der Waals surface area contributed by atoms with Gasteiger partial charge in [0.1, 0.15) is 10.8 Å². The molecule has 3 aromatic rings. The van der Waals surface area contributed by atoms with Gasteiger partial charge in [0.2, 0.25) is 5.95 Å². The highest BCUT2D eigenvalue weighted by atomic mass is 32.2. The Morgan fingerprint density at radius 3 is 2.69 bits per heavy atom. The Morgan fingerprint density at radius 2 is 1.94 bits per heavy atom. The van der Waals surface area contributed by atoms with Crippen molar-refractivity contribution >= 4 is 40.9 Å². The second-order valence-corrected chi connectivity index (χ2v) is 9.25. The highest BCUT2D eigenvalue weighted by Gasteiger charge is 2.21. The molecule has 4 rings (SSSR count). The Bertz CT molecular complexity index is 1040. The maximum atomic E-state index is 5.51. The summed E-state index contributed by atoms with van der Waals surface area (Å²) in [5.41, 5.74) is 2.40. The van der Waals surface area contributed by atoms with Crippen molar-refractivity contribution in [1.82, 2.24) is 25.3 Å². The van der Waals surface area contributed by atoms with Gasteiger partial charge in [0.05, 0.1) is 0 Å². The maximum Gasteiger partial charge on any atom is 0.232 e. The van der Waals surface area contributed by atoms with Gasteiger partial charge in [0.15, 0.2) is 10.3 Å². The van der Waals surface area contributed by atoms with E-state index >= 15 is 0 Å². The van der Waals surface area contributed by atoms with Crippen LogP contribution in [0.3, 0.4) is 0 Å². The predicted octanol–water partition coefficient (Wildman–Crippen LogP) is 4.59. The van der Waals surface area contributed by atoms with Gasteiger partial charge in [-0.25, -0.2) is 15.0 Å². The van der Waals surface area contributed by atoms with Crippen LogP contribution in [0.2, 0.25) is 0 Å². The molecule has 0 radical (unpaired) electrons. The number of nitrogens with one attached hydrogen (secondary N) is 2. The number of thiocarbonyl (C=S) groups is 1. The van der Waals surface area contributed by atoms with Gasteiger partial charge in [-0.3, -0.25) is 0 Å². The topological polar surface area (TPSA) is 78.9 Å². The summed E-state index contributed by atoms with van der Waals surface area (Å²) in [6, 6.07) is 12.6. The minimum absolute atomic E-state index is 0.434. The van der Waals surface area contributed by atoms with Crippen molar-refractivity contribution in [2.24, 2.45) is 0 Å². The second kappa shape index (κ2) is 10.7. The van der Waals surface area contributed by atoms with Crippen LogP contribution in [-0.4, -0.2) is 37.6 Å². The van der Waals surface area contributed by atoms with Crippen LogP contribution in [0, 0.1) is 6.92 Å². The van der Waals surface area contributed by atoms with E-state index < -0.39 is 0 Å². The Kier molecular flexibility index (Phi) is 7.49. The number of hydrogen-bond donors (Lipinski definition) is 2. The van der Waals surface area contributed by atoms with Gasteiger partial charge < -0.3 is 15.5 Å². The molecule has 1 aliphatic heterocycles. The number of aryl methyl sites for hydroxylation is 1. The van der Waals surface area contributed by atoms with Crippen LogP contribution in [0.1, 0.15) is 37.3 Å². The SMILES string of the molecule is Cc1ccc(CNC(=S)Nc2nc(Sc3ncccn3)cc(N3CCCC[C@H]3C)n2)cc1. The zero-order valence-corrected chi connectivity index (χ0v) is 19.9. The molecule has 9 heteroatoms. The number of aromatic nitrogens is 4. The van der Waals surface area contributed by atoms with Gasteiger partial charge >= 0.3 is 0 Å². The van der Waals surface area contributed by atoms with Crippen LogP contribution in [0.5, 0.6) is 0 Å². The summed E-state index contributed by atoms with van der Waals surface area (Å²) in [7, 11) is 0. The normalized spacial score (nSPS) is 15.9. The quantitative estimate of drug-likeness (QED) is 0.309. The summed E-state index contributed by atoms with van der Waals surface area (Å²) in [6.07, 6.45) is 7.03. The molecule has 166 valence electrons. The van der Waals surface area contributed by atoms with E-state index in [0.29, 0.717) is 28.8 Å². The summed E-state index contributed by atoms with van der Waals surface area (Å²) >= 11 is 6.93. The molecule has 0 unspecified atom stereocenters. The number of rotatable bonds is 6. The fraction of sp³-hybridized carbons (Fsp3) is 0.348. The van der Waals surface area contributed by atoms with E-state index in [1.54, 1.807) is 18.5 Å². The Balaban J connectivity index is 1.51. The van der Waals surface area contributed by atoms with Crippen LogP contribution in [-0.2, 0) is 6.54 Å². The average Bonchev–Trinajstić information content (AvgIpc) is 2.79. The summed E-state index contributed by atoms with van der Waals surface area (Å²) in [5, 5.41) is 8.32. The van der Waals surface area contributed by atoms with Crippen molar-refractivity contribution in [2.45, 2.75) is 55.9 Å². The molecule has 2 aromatic heterocycles. The minimum Gasteiger partial charge on any atom is -0.358 e. The van der Waals surface area contributed by atoms with E-state index in [9.17, 15) is 0 Å². The fourth-order valence-electron chi connectivity index (χ4n) is 3.57. The van der Waals surface area contributed by atoms with E-state index in [-0.39, 0.29) is 0 Å². The van der Waals surface area contributed by atoms with Crippen molar-refractivity contribution < 1.29 is 0 Å². The number of hydrogen-bond acceptors (Lipinski definition) is 7. The van der Waals surface area contributed by atoms with Crippen molar-refractivity contribution in [3.63, 3.8) is 0 Å². The molecule has 32 heavy (non-hydrogen) atoms. The van der Waals surface area contributed by atoms with Crippen molar-refractivity contribution in [3.05, 3.63) is 59.9 Å². The summed E-state index contributed by atoms with van der Waals surface area (Å²) in [4.78, 5) is 20.4. The molecule has 0 amide bonds. The van der Waals surface area contributed by atoms with E-state index in [2.05, 4.69) is 68.6 Å². The van der Waals surface area contributed by atoms with E-state index in [1.165, 1.54) is 23.7 Å². The largest absolute Gasteiger partial charge is 0.358 e. The molecular formula is C23H27N7S2. The molecule has 1 atom stereocenters. The smallest absolute Gasteiger partial charge is 0.232 e. The standard InChI is InChI=1S/C23H27N7S2/c1-16-7-9-18(10-8-16)15-26-22(31)29-21-27-19(30-13-4-3-6-17(30)2)14-20(28-21)32-23-24-11-5-12-25-23/h5,7-12,14,17H,3-4,6,13,15H2,1-2H3,(H2,26,27,28,29,31)/t17-/m1/s1. The Hall–Kier alpha value is -2.78. The first-order valence-corrected chi connectivity index (χ1v) is 12.0. The molecule has 0 saturated carbocycles. The third kappa shape index (κ3) is 6.14. The summed E-state index contributed by atoms with van der Waals surface area (Å²) in [5.74, 6) is 1.37. The lowest BCUT2D eigenvalue weighted by molar-refractivity contribution is 0.480. The fourth-order valence-corrected chi connectivity index (χ4v) is 4.45.